The van der Waals surface area contributed by atoms with Gasteiger partial charge in [0.25, 0.3) is 5.91 Å². The molecule has 0 spiro atoms. The zero-order chi connectivity index (χ0) is 13.7. The Morgan fingerprint density at radius 1 is 1.56 bits per heavy atom. The molecule has 0 bridgehead atoms. The molecule has 0 aliphatic carbocycles. The number of carbonyl (C=O) groups excluding carboxylic acids is 1. The lowest BCUT2D eigenvalue weighted by molar-refractivity contribution is 0.0575. The first-order valence-electron chi connectivity index (χ1n) is 5.86. The van der Waals surface area contributed by atoms with Crippen LogP contribution in [0.25, 0.3) is 0 Å². The van der Waals surface area contributed by atoms with E-state index in [1.54, 1.807) is 12.0 Å². The number of nitrogens with zero attached hydrogens (tertiary/aromatic N) is 1. The average Bonchev–Trinajstić information content (AvgIpc) is 2.29. The highest BCUT2D eigenvalue weighted by Gasteiger charge is 2.22. The summed E-state index contributed by atoms with van der Waals surface area (Å²) in [4.78, 5) is 13.8. The summed E-state index contributed by atoms with van der Waals surface area (Å²) in [6.07, 6.45) is 0. The predicted molar refractivity (Wildman–Crippen MR) is 68.9 cm³/mol. The monoisotopic (exact) mass is 254 g/mol. The second kappa shape index (κ2) is 6.35. The number of methoxy groups -OCH3 is 1. The lowest BCUT2D eigenvalue weighted by Crippen LogP contribution is -2.41. The fraction of sp³-hybridized carbons (Fsp3) is 0.462. The molecular weight excluding hydrogens is 235 g/mol. The number of anilines is 1. The number of amides is 1. The molecule has 0 radical (unpaired) electrons. The van der Waals surface area contributed by atoms with E-state index in [-0.39, 0.29) is 17.5 Å². The number of hydrogen-bond acceptors (Lipinski definition) is 3. The van der Waals surface area contributed by atoms with E-state index in [4.69, 9.17) is 10.5 Å². The summed E-state index contributed by atoms with van der Waals surface area (Å²) in [5.41, 5.74) is 5.80. The second-order valence-electron chi connectivity index (χ2n) is 4.13. The molecule has 0 saturated heterocycles. The minimum absolute atomic E-state index is 0.0361. The van der Waals surface area contributed by atoms with Gasteiger partial charge in [0.2, 0.25) is 0 Å². The molecule has 5 heteroatoms. The summed E-state index contributed by atoms with van der Waals surface area (Å²) in [7, 11) is 1.57. The highest BCUT2D eigenvalue weighted by Crippen LogP contribution is 2.15. The molecule has 1 aromatic rings. The third-order valence-electron chi connectivity index (χ3n) is 2.77. The standard InChI is InChI=1S/C13H19FN2O2/c1-4-16(9(2)8-18-3)13(17)11-6-5-10(15)7-12(11)14/h5-7,9H,4,8,15H2,1-3H3. The van der Waals surface area contributed by atoms with Gasteiger partial charge in [0.05, 0.1) is 18.2 Å². The molecule has 0 aliphatic rings. The van der Waals surface area contributed by atoms with Crippen LogP contribution in [0.3, 0.4) is 0 Å². The van der Waals surface area contributed by atoms with Gasteiger partial charge in [-0.15, -0.1) is 0 Å². The van der Waals surface area contributed by atoms with E-state index in [9.17, 15) is 9.18 Å². The van der Waals surface area contributed by atoms with E-state index in [0.717, 1.165) is 6.07 Å². The number of benzene rings is 1. The van der Waals surface area contributed by atoms with Crippen molar-refractivity contribution in [3.8, 4) is 0 Å². The van der Waals surface area contributed by atoms with Crippen molar-refractivity contribution in [3.05, 3.63) is 29.6 Å². The van der Waals surface area contributed by atoms with E-state index < -0.39 is 5.82 Å². The minimum Gasteiger partial charge on any atom is -0.399 e. The molecule has 2 N–H and O–H groups in total. The maximum atomic E-state index is 13.7. The van der Waals surface area contributed by atoms with Gasteiger partial charge in [0.1, 0.15) is 5.82 Å². The maximum absolute atomic E-state index is 13.7. The summed E-state index contributed by atoms with van der Waals surface area (Å²) < 4.78 is 18.7. The van der Waals surface area contributed by atoms with Crippen molar-refractivity contribution in [1.29, 1.82) is 0 Å². The van der Waals surface area contributed by atoms with Crippen molar-refractivity contribution in [2.75, 3.05) is 26.0 Å². The normalized spacial score (nSPS) is 12.2. The molecular formula is C13H19FN2O2. The minimum atomic E-state index is -0.594. The Bertz CT molecular complexity index is 423. The van der Waals surface area contributed by atoms with Crippen LogP contribution in [0.15, 0.2) is 18.2 Å². The molecule has 0 aromatic heterocycles. The topological polar surface area (TPSA) is 55.6 Å². The van der Waals surface area contributed by atoms with E-state index >= 15 is 0 Å². The van der Waals surface area contributed by atoms with E-state index in [2.05, 4.69) is 0 Å². The van der Waals surface area contributed by atoms with Crippen LogP contribution in [-0.2, 0) is 4.74 Å². The average molecular weight is 254 g/mol. The fourth-order valence-electron chi connectivity index (χ4n) is 1.85. The van der Waals surface area contributed by atoms with E-state index in [1.807, 2.05) is 13.8 Å². The van der Waals surface area contributed by atoms with Crippen LogP contribution in [0.2, 0.25) is 0 Å². The van der Waals surface area contributed by atoms with Gasteiger partial charge in [-0.05, 0) is 32.0 Å². The summed E-state index contributed by atoms with van der Waals surface area (Å²) in [5, 5.41) is 0. The largest absolute Gasteiger partial charge is 0.399 e. The number of likely N-dealkylation sites (N-methyl/N-ethyl adjacent to an activating group) is 1. The third kappa shape index (κ3) is 3.20. The molecule has 18 heavy (non-hydrogen) atoms. The Kier molecular flexibility index (Phi) is 5.09. The summed E-state index contributed by atoms with van der Waals surface area (Å²) >= 11 is 0. The van der Waals surface area contributed by atoms with Crippen LogP contribution < -0.4 is 5.73 Å². The Hall–Kier alpha value is -1.62. The van der Waals surface area contributed by atoms with Gasteiger partial charge in [0, 0.05) is 19.3 Å². The van der Waals surface area contributed by atoms with E-state index in [0.29, 0.717) is 18.8 Å². The quantitative estimate of drug-likeness (QED) is 0.816. The maximum Gasteiger partial charge on any atom is 0.257 e. The van der Waals surface area contributed by atoms with Crippen molar-refractivity contribution >= 4 is 11.6 Å². The molecule has 4 nitrogen and oxygen atoms in total. The van der Waals surface area contributed by atoms with E-state index in [1.165, 1.54) is 12.1 Å². The number of carbonyl (C=O) groups is 1. The van der Waals surface area contributed by atoms with Gasteiger partial charge in [-0.3, -0.25) is 4.79 Å². The van der Waals surface area contributed by atoms with Crippen LogP contribution in [0.4, 0.5) is 10.1 Å². The Morgan fingerprint density at radius 3 is 2.72 bits per heavy atom. The summed E-state index contributed by atoms with van der Waals surface area (Å²) in [6.45, 7) is 4.61. The highest BCUT2D eigenvalue weighted by atomic mass is 19.1. The second-order valence-corrected chi connectivity index (χ2v) is 4.13. The van der Waals surface area contributed by atoms with Crippen LogP contribution in [-0.4, -0.2) is 37.1 Å². The van der Waals surface area contributed by atoms with Crippen LogP contribution in [0.1, 0.15) is 24.2 Å². The Balaban J connectivity index is 2.96. The number of rotatable bonds is 5. The molecule has 0 saturated carbocycles. The van der Waals surface area contributed by atoms with Crippen molar-refractivity contribution < 1.29 is 13.9 Å². The first-order chi connectivity index (χ1) is 8.51. The van der Waals surface area contributed by atoms with Gasteiger partial charge in [-0.2, -0.15) is 0 Å². The molecule has 0 aliphatic heterocycles. The lowest BCUT2D eigenvalue weighted by Gasteiger charge is -2.27. The lowest BCUT2D eigenvalue weighted by atomic mass is 10.1. The first-order valence-corrected chi connectivity index (χ1v) is 5.86. The number of ether oxygens (including phenoxy) is 1. The molecule has 1 amide bonds. The van der Waals surface area contributed by atoms with Crippen LogP contribution >= 0.6 is 0 Å². The van der Waals surface area contributed by atoms with Crippen LogP contribution in [0, 0.1) is 5.82 Å². The van der Waals surface area contributed by atoms with Gasteiger partial charge < -0.3 is 15.4 Å². The first kappa shape index (κ1) is 14.4. The van der Waals surface area contributed by atoms with Gasteiger partial charge >= 0.3 is 0 Å². The predicted octanol–water partition coefficient (Wildman–Crippen LogP) is 1.90. The van der Waals surface area contributed by atoms with Crippen molar-refractivity contribution in [1.82, 2.24) is 4.90 Å². The highest BCUT2D eigenvalue weighted by molar-refractivity contribution is 5.95. The Labute approximate surface area is 107 Å². The molecule has 1 rings (SSSR count). The number of nitrogens with two attached hydrogens (primary N) is 1. The summed E-state index contributed by atoms with van der Waals surface area (Å²) in [6, 6.07) is 3.98. The van der Waals surface area contributed by atoms with Crippen molar-refractivity contribution in [3.63, 3.8) is 0 Å². The van der Waals surface area contributed by atoms with Crippen LogP contribution in [0.5, 0.6) is 0 Å². The third-order valence-corrected chi connectivity index (χ3v) is 2.77. The number of halogens is 1. The molecule has 100 valence electrons. The van der Waals surface area contributed by atoms with Crippen molar-refractivity contribution in [2.45, 2.75) is 19.9 Å². The molecule has 0 fully saturated rings. The molecule has 1 atom stereocenters. The van der Waals surface area contributed by atoms with Gasteiger partial charge in [-0.1, -0.05) is 0 Å². The molecule has 1 aromatic carbocycles. The zero-order valence-corrected chi connectivity index (χ0v) is 10.9. The smallest absolute Gasteiger partial charge is 0.257 e. The molecule has 1 unspecified atom stereocenters. The zero-order valence-electron chi connectivity index (χ0n) is 10.9. The fourth-order valence-corrected chi connectivity index (χ4v) is 1.85. The molecule has 0 heterocycles. The number of nitrogen functional groups attached to an aromatic ring is 1. The Morgan fingerprint density at radius 2 is 2.22 bits per heavy atom. The SMILES string of the molecule is CCN(C(=O)c1ccc(N)cc1F)C(C)COC. The summed E-state index contributed by atoms with van der Waals surface area (Å²) in [5.74, 6) is -0.942. The number of hydrogen-bond donors (Lipinski definition) is 1. The van der Waals surface area contributed by atoms with Gasteiger partial charge in [0.15, 0.2) is 0 Å². The van der Waals surface area contributed by atoms with Crippen molar-refractivity contribution in [2.24, 2.45) is 0 Å². The van der Waals surface area contributed by atoms with Gasteiger partial charge in [-0.25, -0.2) is 4.39 Å².